The summed E-state index contributed by atoms with van der Waals surface area (Å²) in [5, 5.41) is 3.48. The number of pyridine rings is 1. The second kappa shape index (κ2) is 5.21. The third kappa shape index (κ3) is 2.43. The van der Waals surface area contributed by atoms with Crippen LogP contribution in [0.4, 0.5) is 0 Å². The van der Waals surface area contributed by atoms with Gasteiger partial charge < -0.3 is 14.5 Å². The molecule has 5 heteroatoms. The number of rotatable bonds is 4. The van der Waals surface area contributed by atoms with Crippen LogP contribution in [0.2, 0.25) is 5.22 Å². The first-order chi connectivity index (χ1) is 8.26. The van der Waals surface area contributed by atoms with E-state index in [1.54, 1.807) is 19.4 Å². The van der Waals surface area contributed by atoms with Gasteiger partial charge in [-0.15, -0.1) is 0 Å². The average Bonchev–Trinajstić information content (AvgIpc) is 2.77. The van der Waals surface area contributed by atoms with Crippen LogP contribution in [0.25, 0.3) is 0 Å². The van der Waals surface area contributed by atoms with Crippen molar-refractivity contribution in [2.45, 2.75) is 6.04 Å². The molecule has 0 fully saturated rings. The summed E-state index contributed by atoms with van der Waals surface area (Å²) in [6, 6.07) is 7.02. The van der Waals surface area contributed by atoms with Crippen LogP contribution >= 0.6 is 11.6 Å². The van der Waals surface area contributed by atoms with Crippen LogP contribution in [0.3, 0.4) is 0 Å². The molecule has 0 amide bonds. The number of halogens is 1. The summed E-state index contributed by atoms with van der Waals surface area (Å²) >= 11 is 5.78. The van der Waals surface area contributed by atoms with Gasteiger partial charge in [0.05, 0.1) is 7.11 Å². The van der Waals surface area contributed by atoms with E-state index >= 15 is 0 Å². The molecule has 2 aromatic rings. The fourth-order valence-corrected chi connectivity index (χ4v) is 1.84. The molecule has 2 heterocycles. The van der Waals surface area contributed by atoms with Gasteiger partial charge in [-0.05, 0) is 42.9 Å². The highest BCUT2D eigenvalue weighted by atomic mass is 35.5. The maximum atomic E-state index is 5.78. The largest absolute Gasteiger partial charge is 0.495 e. The number of aromatic nitrogens is 1. The molecule has 1 unspecified atom stereocenters. The minimum atomic E-state index is -0.182. The van der Waals surface area contributed by atoms with Gasteiger partial charge in [-0.2, -0.15) is 0 Å². The average molecular weight is 253 g/mol. The van der Waals surface area contributed by atoms with Gasteiger partial charge in [-0.3, -0.25) is 4.98 Å². The number of nitrogens with one attached hydrogen (secondary N) is 1. The summed E-state index contributed by atoms with van der Waals surface area (Å²) in [5.41, 5.74) is 0.767. The minimum absolute atomic E-state index is 0.182. The fraction of sp³-hybridized carbons (Fsp3) is 0.250. The van der Waals surface area contributed by atoms with Gasteiger partial charge in [0, 0.05) is 6.20 Å². The molecule has 0 spiro atoms. The van der Waals surface area contributed by atoms with Gasteiger partial charge in [0.15, 0.2) is 5.22 Å². The van der Waals surface area contributed by atoms with Gasteiger partial charge in [-0.25, -0.2) is 0 Å². The molecule has 0 saturated heterocycles. The SMILES string of the molecule is CNC(c1ccc(Cl)o1)c1ncccc1OC. The molecule has 4 nitrogen and oxygen atoms in total. The molecule has 0 radical (unpaired) electrons. The Morgan fingerprint density at radius 3 is 2.82 bits per heavy atom. The molecule has 2 rings (SSSR count). The molecule has 0 aromatic carbocycles. The zero-order chi connectivity index (χ0) is 12.3. The maximum Gasteiger partial charge on any atom is 0.193 e. The molecule has 2 aromatic heterocycles. The first kappa shape index (κ1) is 12.0. The number of hydrogen-bond donors (Lipinski definition) is 1. The Morgan fingerprint density at radius 2 is 2.24 bits per heavy atom. The van der Waals surface area contributed by atoms with Gasteiger partial charge in [0.2, 0.25) is 0 Å². The molecular formula is C12H13ClN2O2. The highest BCUT2D eigenvalue weighted by molar-refractivity contribution is 6.28. The molecule has 0 aliphatic rings. The van der Waals surface area contributed by atoms with Crippen molar-refractivity contribution in [3.8, 4) is 5.75 Å². The summed E-state index contributed by atoms with van der Waals surface area (Å²) in [6.45, 7) is 0. The number of nitrogens with zero attached hydrogens (tertiary/aromatic N) is 1. The third-order valence-corrected chi connectivity index (χ3v) is 2.66. The second-order valence-corrected chi connectivity index (χ2v) is 3.83. The topological polar surface area (TPSA) is 47.3 Å². The van der Waals surface area contributed by atoms with Crippen molar-refractivity contribution in [3.05, 3.63) is 47.1 Å². The number of hydrogen-bond acceptors (Lipinski definition) is 4. The van der Waals surface area contributed by atoms with Crippen molar-refractivity contribution in [3.63, 3.8) is 0 Å². The van der Waals surface area contributed by atoms with E-state index in [0.717, 1.165) is 5.69 Å². The molecule has 0 saturated carbocycles. The minimum Gasteiger partial charge on any atom is -0.495 e. The van der Waals surface area contributed by atoms with Crippen molar-refractivity contribution in [1.29, 1.82) is 0 Å². The second-order valence-electron chi connectivity index (χ2n) is 3.45. The first-order valence-electron chi connectivity index (χ1n) is 5.17. The van der Waals surface area contributed by atoms with E-state index in [1.807, 2.05) is 25.2 Å². The summed E-state index contributed by atoms with van der Waals surface area (Å²) in [7, 11) is 3.44. The molecule has 0 aliphatic heterocycles. The molecule has 90 valence electrons. The Labute approximate surface area is 105 Å². The quantitative estimate of drug-likeness (QED) is 0.909. The van der Waals surface area contributed by atoms with Crippen LogP contribution in [-0.4, -0.2) is 19.1 Å². The fourth-order valence-electron chi connectivity index (χ4n) is 1.69. The molecule has 0 bridgehead atoms. The normalized spacial score (nSPS) is 12.4. The smallest absolute Gasteiger partial charge is 0.193 e. The highest BCUT2D eigenvalue weighted by Crippen LogP contribution is 2.29. The van der Waals surface area contributed by atoms with Crippen LogP contribution in [0.5, 0.6) is 5.75 Å². The zero-order valence-electron chi connectivity index (χ0n) is 9.61. The lowest BCUT2D eigenvalue weighted by Crippen LogP contribution is -2.19. The van der Waals surface area contributed by atoms with Gasteiger partial charge in [-0.1, -0.05) is 0 Å². The summed E-state index contributed by atoms with van der Waals surface area (Å²) < 4.78 is 10.7. The molecule has 1 atom stereocenters. The van der Waals surface area contributed by atoms with Crippen LogP contribution in [0, 0.1) is 0 Å². The van der Waals surface area contributed by atoms with E-state index in [2.05, 4.69) is 10.3 Å². The number of ether oxygens (including phenoxy) is 1. The molecule has 17 heavy (non-hydrogen) atoms. The lowest BCUT2D eigenvalue weighted by atomic mass is 10.1. The van der Waals surface area contributed by atoms with Crippen molar-refractivity contribution < 1.29 is 9.15 Å². The van der Waals surface area contributed by atoms with E-state index in [0.29, 0.717) is 16.7 Å². The number of furan rings is 1. The molecular weight excluding hydrogens is 240 g/mol. The van der Waals surface area contributed by atoms with E-state index < -0.39 is 0 Å². The molecule has 1 N–H and O–H groups in total. The molecule has 0 aliphatic carbocycles. The number of methoxy groups -OCH3 is 1. The Hall–Kier alpha value is -1.52. The van der Waals surface area contributed by atoms with Gasteiger partial charge in [0.1, 0.15) is 23.2 Å². The van der Waals surface area contributed by atoms with E-state index in [-0.39, 0.29) is 6.04 Å². The predicted molar refractivity (Wildman–Crippen MR) is 65.4 cm³/mol. The first-order valence-corrected chi connectivity index (χ1v) is 5.55. The van der Waals surface area contributed by atoms with Crippen LogP contribution in [0.15, 0.2) is 34.9 Å². The monoisotopic (exact) mass is 252 g/mol. The van der Waals surface area contributed by atoms with Crippen molar-refractivity contribution in [2.24, 2.45) is 0 Å². The Kier molecular flexibility index (Phi) is 3.66. The van der Waals surface area contributed by atoms with Gasteiger partial charge >= 0.3 is 0 Å². The van der Waals surface area contributed by atoms with E-state index in [4.69, 9.17) is 20.8 Å². The summed E-state index contributed by atoms with van der Waals surface area (Å²) in [4.78, 5) is 4.32. The van der Waals surface area contributed by atoms with E-state index in [1.165, 1.54) is 0 Å². The maximum absolute atomic E-state index is 5.78. The zero-order valence-corrected chi connectivity index (χ0v) is 10.4. The van der Waals surface area contributed by atoms with Crippen LogP contribution in [-0.2, 0) is 0 Å². The third-order valence-electron chi connectivity index (χ3n) is 2.46. The Bertz CT molecular complexity index is 499. The van der Waals surface area contributed by atoms with Crippen LogP contribution in [0.1, 0.15) is 17.5 Å². The summed E-state index contributed by atoms with van der Waals surface area (Å²) in [5.74, 6) is 1.41. The Balaban J connectivity index is 2.41. The summed E-state index contributed by atoms with van der Waals surface area (Å²) in [6.07, 6.45) is 1.72. The highest BCUT2D eigenvalue weighted by Gasteiger charge is 2.20. The lowest BCUT2D eigenvalue weighted by molar-refractivity contribution is 0.392. The lowest BCUT2D eigenvalue weighted by Gasteiger charge is -2.15. The van der Waals surface area contributed by atoms with Crippen molar-refractivity contribution in [2.75, 3.05) is 14.2 Å². The van der Waals surface area contributed by atoms with Crippen molar-refractivity contribution in [1.82, 2.24) is 10.3 Å². The van der Waals surface area contributed by atoms with Crippen molar-refractivity contribution >= 4 is 11.6 Å². The van der Waals surface area contributed by atoms with Gasteiger partial charge in [0.25, 0.3) is 0 Å². The predicted octanol–water partition coefficient (Wildman–Crippen LogP) is 2.65. The Morgan fingerprint density at radius 1 is 1.41 bits per heavy atom. The van der Waals surface area contributed by atoms with E-state index in [9.17, 15) is 0 Å². The standard InChI is InChI=1S/C12H13ClN2O2/c1-14-11(9-5-6-10(13)17-9)12-8(16-2)4-3-7-15-12/h3-7,11,14H,1-2H3. The van der Waals surface area contributed by atoms with Crippen LogP contribution < -0.4 is 10.1 Å².